The quantitative estimate of drug-likeness (QED) is 0.340. The molecule has 9 nitrogen and oxygen atoms in total. The zero-order valence-corrected chi connectivity index (χ0v) is 18.1. The molecular formula is C19H18N6O3S2. The highest BCUT2D eigenvalue weighted by Crippen LogP contribution is 2.22. The highest BCUT2D eigenvalue weighted by molar-refractivity contribution is 7.98. The molecule has 4 rings (SSSR count). The molecular weight excluding hydrogens is 424 g/mol. The molecule has 0 saturated carbocycles. The second-order valence-corrected chi connectivity index (χ2v) is 9.80. The summed E-state index contributed by atoms with van der Waals surface area (Å²) in [6.07, 6.45) is 1.16. The van der Waals surface area contributed by atoms with Crippen LogP contribution in [0.5, 0.6) is 0 Å². The van der Waals surface area contributed by atoms with Crippen molar-refractivity contribution in [1.29, 1.82) is 0 Å². The van der Waals surface area contributed by atoms with Crippen LogP contribution in [-0.2, 0) is 22.6 Å². The third kappa shape index (κ3) is 3.85. The van der Waals surface area contributed by atoms with E-state index in [0.29, 0.717) is 33.3 Å². The van der Waals surface area contributed by atoms with Crippen LogP contribution in [0.15, 0.2) is 57.3 Å². The molecule has 0 radical (unpaired) electrons. The number of aromatic nitrogens is 6. The number of sulfone groups is 1. The minimum atomic E-state index is -3.28. The van der Waals surface area contributed by atoms with Crippen molar-refractivity contribution in [1.82, 2.24) is 29.8 Å². The number of aryl methyl sites for hydroxylation is 1. The Balaban J connectivity index is 1.62. The smallest absolute Gasteiger partial charge is 0.261 e. The molecule has 0 bridgehead atoms. The van der Waals surface area contributed by atoms with E-state index in [0.717, 1.165) is 11.8 Å². The lowest BCUT2D eigenvalue weighted by atomic mass is 10.2. The molecule has 0 aliphatic rings. The maximum Gasteiger partial charge on any atom is 0.261 e. The molecule has 4 aromatic rings. The van der Waals surface area contributed by atoms with E-state index in [1.165, 1.54) is 33.1 Å². The Morgan fingerprint density at radius 1 is 1.10 bits per heavy atom. The van der Waals surface area contributed by atoms with Crippen LogP contribution in [0.1, 0.15) is 11.4 Å². The second kappa shape index (κ2) is 7.65. The van der Waals surface area contributed by atoms with E-state index >= 15 is 0 Å². The van der Waals surface area contributed by atoms with E-state index in [4.69, 9.17) is 0 Å². The number of fused-ring (bicyclic) bond motifs is 1. The number of nitrogens with zero attached hydrogens (tertiary/aromatic N) is 6. The lowest BCUT2D eigenvalue weighted by molar-refractivity contribution is 0.602. The van der Waals surface area contributed by atoms with Gasteiger partial charge in [-0.3, -0.25) is 9.36 Å². The molecule has 2 heterocycles. The Morgan fingerprint density at radius 3 is 2.53 bits per heavy atom. The van der Waals surface area contributed by atoms with Crippen molar-refractivity contribution in [3.63, 3.8) is 0 Å². The molecule has 11 heteroatoms. The van der Waals surface area contributed by atoms with Crippen molar-refractivity contribution in [2.45, 2.75) is 22.7 Å². The summed E-state index contributed by atoms with van der Waals surface area (Å²) in [5.74, 6) is 0.920. The zero-order chi connectivity index (χ0) is 21.5. The van der Waals surface area contributed by atoms with Gasteiger partial charge in [0.1, 0.15) is 0 Å². The Labute approximate surface area is 176 Å². The van der Waals surface area contributed by atoms with Gasteiger partial charge in [0, 0.05) is 13.3 Å². The standard InChI is InChI=1S/C19H18N6O3S2/c1-12-4-9-16-15(10-12)18(26)24(2)19(20-16)29-11-17-21-22-23-25(17)13-5-7-14(8-6-13)30(3,27)28/h4-10H,11H2,1-3H3. The van der Waals surface area contributed by atoms with Gasteiger partial charge in [0.25, 0.3) is 5.56 Å². The van der Waals surface area contributed by atoms with Gasteiger partial charge >= 0.3 is 0 Å². The van der Waals surface area contributed by atoms with E-state index in [9.17, 15) is 13.2 Å². The third-order valence-corrected chi connectivity index (χ3v) is 6.72. The molecule has 2 aromatic heterocycles. The van der Waals surface area contributed by atoms with E-state index in [-0.39, 0.29) is 10.5 Å². The molecule has 0 unspecified atom stereocenters. The third-order valence-electron chi connectivity index (χ3n) is 4.56. The molecule has 0 amide bonds. The lowest BCUT2D eigenvalue weighted by Gasteiger charge is -2.09. The van der Waals surface area contributed by atoms with E-state index < -0.39 is 9.84 Å². The van der Waals surface area contributed by atoms with E-state index in [1.807, 2.05) is 25.1 Å². The fourth-order valence-electron chi connectivity index (χ4n) is 2.95. The summed E-state index contributed by atoms with van der Waals surface area (Å²) < 4.78 is 26.3. The van der Waals surface area contributed by atoms with Gasteiger partial charge in [0.15, 0.2) is 20.8 Å². The van der Waals surface area contributed by atoms with Crippen LogP contribution in [0.25, 0.3) is 16.6 Å². The van der Waals surface area contributed by atoms with Crippen LogP contribution < -0.4 is 5.56 Å². The van der Waals surface area contributed by atoms with Gasteiger partial charge in [-0.05, 0) is 53.7 Å². The first-order chi connectivity index (χ1) is 14.2. The van der Waals surface area contributed by atoms with Gasteiger partial charge < -0.3 is 0 Å². The lowest BCUT2D eigenvalue weighted by Crippen LogP contribution is -2.20. The first-order valence-corrected chi connectivity index (χ1v) is 11.8. The van der Waals surface area contributed by atoms with Crippen molar-refractivity contribution in [3.8, 4) is 5.69 Å². The fourth-order valence-corrected chi connectivity index (χ4v) is 4.46. The maximum atomic E-state index is 12.7. The Kier molecular flexibility index (Phi) is 5.16. The largest absolute Gasteiger partial charge is 0.290 e. The normalized spacial score (nSPS) is 11.8. The fraction of sp³-hybridized carbons (Fsp3) is 0.211. The molecule has 0 saturated heterocycles. The zero-order valence-electron chi connectivity index (χ0n) is 16.5. The van der Waals surface area contributed by atoms with Gasteiger partial charge in [0.05, 0.1) is 27.2 Å². The molecule has 0 spiro atoms. The Morgan fingerprint density at radius 2 is 1.83 bits per heavy atom. The van der Waals surface area contributed by atoms with Gasteiger partial charge in [0.2, 0.25) is 0 Å². The minimum absolute atomic E-state index is 0.109. The second-order valence-electron chi connectivity index (χ2n) is 6.84. The van der Waals surface area contributed by atoms with E-state index in [2.05, 4.69) is 20.5 Å². The van der Waals surface area contributed by atoms with E-state index in [1.54, 1.807) is 19.2 Å². The van der Waals surface area contributed by atoms with Crippen molar-refractivity contribution in [2.24, 2.45) is 7.05 Å². The summed E-state index contributed by atoms with van der Waals surface area (Å²) >= 11 is 1.35. The van der Waals surface area contributed by atoms with Crippen molar-refractivity contribution in [2.75, 3.05) is 6.26 Å². The average Bonchev–Trinajstić information content (AvgIpc) is 3.18. The first-order valence-electron chi connectivity index (χ1n) is 8.92. The SMILES string of the molecule is Cc1ccc2nc(SCc3nnnn3-c3ccc(S(C)(=O)=O)cc3)n(C)c(=O)c2c1. The first kappa shape index (κ1) is 20.2. The summed E-state index contributed by atoms with van der Waals surface area (Å²) in [5, 5.41) is 12.9. The minimum Gasteiger partial charge on any atom is -0.290 e. The predicted molar refractivity (Wildman–Crippen MR) is 114 cm³/mol. The van der Waals surface area contributed by atoms with Crippen molar-refractivity contribution in [3.05, 3.63) is 64.2 Å². The predicted octanol–water partition coefficient (Wildman–Crippen LogP) is 1.91. The molecule has 0 aliphatic heterocycles. The van der Waals surface area contributed by atoms with Crippen LogP contribution in [0.3, 0.4) is 0 Å². The monoisotopic (exact) mass is 442 g/mol. The Hall–Kier alpha value is -3.05. The Bertz CT molecular complexity index is 1410. The van der Waals surface area contributed by atoms with Gasteiger partial charge in [-0.25, -0.2) is 13.4 Å². The highest BCUT2D eigenvalue weighted by Gasteiger charge is 2.14. The summed E-state index contributed by atoms with van der Waals surface area (Å²) in [4.78, 5) is 17.5. The maximum absolute atomic E-state index is 12.7. The summed E-state index contributed by atoms with van der Waals surface area (Å²) in [7, 11) is -1.59. The van der Waals surface area contributed by atoms with Crippen molar-refractivity contribution < 1.29 is 8.42 Å². The molecule has 154 valence electrons. The summed E-state index contributed by atoms with van der Waals surface area (Å²) in [5.41, 5.74) is 2.17. The highest BCUT2D eigenvalue weighted by atomic mass is 32.2. The van der Waals surface area contributed by atoms with Crippen LogP contribution in [-0.4, -0.2) is 44.4 Å². The van der Waals surface area contributed by atoms with Crippen LogP contribution in [0.2, 0.25) is 0 Å². The molecule has 0 N–H and O–H groups in total. The molecule has 30 heavy (non-hydrogen) atoms. The number of tetrazole rings is 1. The number of rotatable bonds is 5. The van der Waals surface area contributed by atoms with Gasteiger partial charge in [-0.2, -0.15) is 4.68 Å². The van der Waals surface area contributed by atoms with Crippen LogP contribution in [0.4, 0.5) is 0 Å². The number of thioether (sulfide) groups is 1. The average molecular weight is 443 g/mol. The topological polar surface area (TPSA) is 113 Å². The summed E-state index contributed by atoms with van der Waals surface area (Å²) in [6.45, 7) is 1.93. The molecule has 0 fully saturated rings. The van der Waals surface area contributed by atoms with Crippen molar-refractivity contribution >= 4 is 32.5 Å². The van der Waals surface area contributed by atoms with Gasteiger partial charge in [-0.15, -0.1) is 5.10 Å². The summed E-state index contributed by atoms with van der Waals surface area (Å²) in [6, 6.07) is 11.9. The molecule has 0 atom stereocenters. The van der Waals surface area contributed by atoms with Crippen LogP contribution in [0, 0.1) is 6.92 Å². The van der Waals surface area contributed by atoms with Crippen LogP contribution >= 0.6 is 11.8 Å². The number of hydrogen-bond donors (Lipinski definition) is 0. The number of benzene rings is 2. The molecule has 0 aliphatic carbocycles. The number of hydrogen-bond acceptors (Lipinski definition) is 8. The molecule has 2 aromatic carbocycles. The van der Waals surface area contributed by atoms with Gasteiger partial charge in [-0.1, -0.05) is 23.4 Å².